The number of halogens is 2. The van der Waals surface area contributed by atoms with Crippen LogP contribution in [0.3, 0.4) is 0 Å². The summed E-state index contributed by atoms with van der Waals surface area (Å²) in [4.78, 5) is 8.53. The van der Waals surface area contributed by atoms with Crippen molar-refractivity contribution in [2.24, 2.45) is 5.41 Å². The molecule has 0 atom stereocenters. The Hall–Kier alpha value is -2.51. The molecular weight excluding hydrogens is 483 g/mol. The molecule has 4 rings (SSSR count). The fourth-order valence-corrected chi connectivity index (χ4v) is 5.04. The first-order chi connectivity index (χ1) is 17.5. The summed E-state index contributed by atoms with van der Waals surface area (Å²) >= 11 is 6.39. The maximum absolute atomic E-state index is 14.9. The number of rotatable bonds is 10. The Bertz CT molecular complexity index is 1050. The molecule has 10 heteroatoms. The number of nitrogens with zero attached hydrogens (tertiary/aromatic N) is 3. The molecule has 0 aromatic carbocycles. The molecule has 0 amide bonds. The van der Waals surface area contributed by atoms with Gasteiger partial charge in [0.2, 0.25) is 0 Å². The zero-order valence-corrected chi connectivity index (χ0v) is 21.4. The van der Waals surface area contributed by atoms with E-state index >= 15 is 0 Å². The van der Waals surface area contributed by atoms with Gasteiger partial charge in [-0.15, -0.1) is 0 Å². The molecule has 1 aliphatic carbocycles. The molecular formula is C26H34ClFN6O2. The number of anilines is 2. The maximum atomic E-state index is 14.9. The summed E-state index contributed by atoms with van der Waals surface area (Å²) in [5, 5.41) is 20.2. The summed E-state index contributed by atoms with van der Waals surface area (Å²) in [6, 6.07) is 6.69. The molecule has 36 heavy (non-hydrogen) atoms. The van der Waals surface area contributed by atoms with E-state index < -0.39 is 11.2 Å². The van der Waals surface area contributed by atoms with Gasteiger partial charge in [-0.1, -0.05) is 11.6 Å². The molecule has 8 nitrogen and oxygen atoms in total. The van der Waals surface area contributed by atoms with Crippen molar-refractivity contribution in [2.45, 2.75) is 50.6 Å². The first-order valence-electron chi connectivity index (χ1n) is 12.5. The van der Waals surface area contributed by atoms with E-state index in [1.807, 2.05) is 0 Å². The number of nitriles is 1. The highest BCUT2D eigenvalue weighted by molar-refractivity contribution is 6.32. The van der Waals surface area contributed by atoms with Crippen molar-refractivity contribution >= 4 is 23.1 Å². The van der Waals surface area contributed by atoms with Crippen molar-refractivity contribution in [1.29, 1.82) is 5.26 Å². The molecule has 1 saturated carbocycles. The number of hydrogen-bond donors (Lipinski definition) is 3. The van der Waals surface area contributed by atoms with Crippen LogP contribution < -0.4 is 16.0 Å². The van der Waals surface area contributed by atoms with Crippen LogP contribution in [-0.4, -0.2) is 62.1 Å². The van der Waals surface area contributed by atoms with E-state index in [1.54, 1.807) is 25.4 Å². The summed E-state index contributed by atoms with van der Waals surface area (Å²) in [7, 11) is 1.71. The van der Waals surface area contributed by atoms with E-state index in [0.29, 0.717) is 67.9 Å². The lowest BCUT2D eigenvalue weighted by Gasteiger charge is -2.31. The van der Waals surface area contributed by atoms with E-state index in [2.05, 4.69) is 32.0 Å². The van der Waals surface area contributed by atoms with Gasteiger partial charge in [-0.3, -0.25) is 0 Å². The van der Waals surface area contributed by atoms with Crippen molar-refractivity contribution < 1.29 is 13.9 Å². The third kappa shape index (κ3) is 6.83. The van der Waals surface area contributed by atoms with Crippen molar-refractivity contribution in [3.63, 3.8) is 0 Å². The predicted molar refractivity (Wildman–Crippen MR) is 139 cm³/mol. The monoisotopic (exact) mass is 516 g/mol. The Labute approximate surface area is 216 Å². The second-order valence-electron chi connectivity index (χ2n) is 9.61. The molecule has 0 radical (unpaired) electrons. The van der Waals surface area contributed by atoms with E-state index in [4.69, 9.17) is 21.1 Å². The molecule has 2 fully saturated rings. The van der Waals surface area contributed by atoms with E-state index in [9.17, 15) is 9.65 Å². The topological polar surface area (TPSA) is 104 Å². The van der Waals surface area contributed by atoms with Gasteiger partial charge in [0.25, 0.3) is 0 Å². The van der Waals surface area contributed by atoms with Crippen LogP contribution in [0.25, 0.3) is 11.1 Å². The second kappa shape index (κ2) is 12.6. The van der Waals surface area contributed by atoms with Crippen LogP contribution >= 0.6 is 11.6 Å². The van der Waals surface area contributed by atoms with Gasteiger partial charge in [-0.2, -0.15) is 5.26 Å². The SMILES string of the molecule is COCCNC1CCC(Nc2cc(-c3cc(NCC4(C#N)CCOCC4)cnc3Cl)c(F)cn2)CC1. The smallest absolute Gasteiger partial charge is 0.149 e. The fraction of sp³-hybridized carbons (Fsp3) is 0.577. The van der Waals surface area contributed by atoms with Crippen LogP contribution in [0.4, 0.5) is 15.9 Å². The van der Waals surface area contributed by atoms with Gasteiger partial charge in [0.05, 0.1) is 36.2 Å². The summed E-state index contributed by atoms with van der Waals surface area (Å²) in [6.45, 7) is 3.18. The van der Waals surface area contributed by atoms with Gasteiger partial charge in [-0.25, -0.2) is 14.4 Å². The lowest BCUT2D eigenvalue weighted by molar-refractivity contribution is 0.0456. The van der Waals surface area contributed by atoms with Crippen molar-refractivity contribution in [3.8, 4) is 17.2 Å². The predicted octanol–water partition coefficient (Wildman–Crippen LogP) is 4.63. The minimum Gasteiger partial charge on any atom is -0.383 e. The molecule has 194 valence electrons. The molecule has 3 N–H and O–H groups in total. The van der Waals surface area contributed by atoms with Crippen molar-refractivity contribution in [3.05, 3.63) is 35.5 Å². The molecule has 3 heterocycles. The molecule has 2 aromatic rings. The molecule has 0 spiro atoms. The Kier molecular flexibility index (Phi) is 9.32. The molecule has 0 bridgehead atoms. The third-order valence-corrected chi connectivity index (χ3v) is 7.42. The van der Waals surface area contributed by atoms with Crippen molar-refractivity contribution in [1.82, 2.24) is 15.3 Å². The molecule has 1 aliphatic heterocycles. The number of pyridine rings is 2. The van der Waals surface area contributed by atoms with Gasteiger partial charge in [0, 0.05) is 56.6 Å². The quantitative estimate of drug-likeness (QED) is 0.310. The van der Waals surface area contributed by atoms with Gasteiger partial charge >= 0.3 is 0 Å². The Morgan fingerprint density at radius 1 is 1.14 bits per heavy atom. The van der Waals surface area contributed by atoms with E-state index in [0.717, 1.165) is 32.2 Å². The fourth-order valence-electron chi connectivity index (χ4n) is 4.84. The third-order valence-electron chi connectivity index (χ3n) is 7.12. The normalized spacial score (nSPS) is 21.5. The Morgan fingerprint density at radius 3 is 2.61 bits per heavy atom. The first kappa shape index (κ1) is 26.6. The first-order valence-corrected chi connectivity index (χ1v) is 12.9. The molecule has 0 unspecified atom stereocenters. The lowest BCUT2D eigenvalue weighted by atomic mass is 9.81. The highest BCUT2D eigenvalue weighted by atomic mass is 35.5. The standard InChI is InChI=1S/C26H34ClFN6O2/c1-35-11-8-30-18-2-4-19(5-3-18)34-24-13-21(23(28)15-31-24)22-12-20(14-32-25(22)27)33-17-26(16-29)6-9-36-10-7-26/h12-15,18-19,30,33H,2-11,17H2,1H3,(H,31,34). The Balaban J connectivity index is 1.42. The van der Waals surface area contributed by atoms with Crippen LogP contribution in [0, 0.1) is 22.6 Å². The maximum Gasteiger partial charge on any atom is 0.149 e. The van der Waals surface area contributed by atoms with E-state index in [-0.39, 0.29) is 11.2 Å². The van der Waals surface area contributed by atoms with Crippen LogP contribution in [0.15, 0.2) is 24.5 Å². The molecule has 2 aliphatic rings. The number of aromatic nitrogens is 2. The van der Waals surface area contributed by atoms with Crippen molar-refractivity contribution in [2.75, 3.05) is 50.7 Å². The van der Waals surface area contributed by atoms with E-state index in [1.165, 1.54) is 6.20 Å². The van der Waals surface area contributed by atoms with Crippen LogP contribution in [0.2, 0.25) is 5.15 Å². The second-order valence-corrected chi connectivity index (χ2v) is 9.97. The average Bonchev–Trinajstić information content (AvgIpc) is 2.91. The summed E-state index contributed by atoms with van der Waals surface area (Å²) in [6.07, 6.45) is 8.31. The van der Waals surface area contributed by atoms with Crippen LogP contribution in [0.1, 0.15) is 38.5 Å². The van der Waals surface area contributed by atoms with Crippen LogP contribution in [0.5, 0.6) is 0 Å². The molecule has 2 aromatic heterocycles. The number of methoxy groups -OCH3 is 1. The van der Waals surface area contributed by atoms with Gasteiger partial charge in [0.15, 0.2) is 0 Å². The highest BCUT2D eigenvalue weighted by Crippen LogP contribution is 2.34. The number of ether oxygens (including phenoxy) is 2. The van der Waals surface area contributed by atoms with Gasteiger partial charge < -0.3 is 25.4 Å². The summed E-state index contributed by atoms with van der Waals surface area (Å²) in [5.74, 6) is 0.146. The lowest BCUT2D eigenvalue weighted by Crippen LogP contribution is -2.38. The number of hydrogen-bond acceptors (Lipinski definition) is 8. The highest BCUT2D eigenvalue weighted by Gasteiger charge is 2.32. The zero-order valence-electron chi connectivity index (χ0n) is 20.7. The van der Waals surface area contributed by atoms with Crippen LogP contribution in [-0.2, 0) is 9.47 Å². The number of nitrogens with one attached hydrogen (secondary N) is 3. The Morgan fingerprint density at radius 2 is 1.89 bits per heavy atom. The zero-order chi connectivity index (χ0) is 25.4. The average molecular weight is 517 g/mol. The van der Waals surface area contributed by atoms with Gasteiger partial charge in [0.1, 0.15) is 16.8 Å². The van der Waals surface area contributed by atoms with Gasteiger partial charge in [-0.05, 0) is 50.7 Å². The summed E-state index contributed by atoms with van der Waals surface area (Å²) in [5.41, 5.74) is 1.01. The largest absolute Gasteiger partial charge is 0.383 e. The minimum atomic E-state index is -0.491. The summed E-state index contributed by atoms with van der Waals surface area (Å²) < 4.78 is 25.4. The molecule has 1 saturated heterocycles. The minimum absolute atomic E-state index is 0.209.